The third-order valence-corrected chi connectivity index (χ3v) is 3.95. The van der Waals surface area contributed by atoms with Gasteiger partial charge in [-0.2, -0.15) is 0 Å². The maximum Gasteiger partial charge on any atom is 0.170 e. The van der Waals surface area contributed by atoms with Crippen molar-refractivity contribution >= 4 is 11.0 Å². The zero-order chi connectivity index (χ0) is 13.9. The van der Waals surface area contributed by atoms with Gasteiger partial charge >= 0.3 is 0 Å². The van der Waals surface area contributed by atoms with E-state index in [0.29, 0.717) is 5.58 Å². The highest BCUT2D eigenvalue weighted by atomic mass is 19.1. The number of aliphatic hydroxyl groups excluding tert-OH is 1. The second-order valence-electron chi connectivity index (χ2n) is 5.45. The van der Waals surface area contributed by atoms with Gasteiger partial charge in [0.15, 0.2) is 5.58 Å². The smallest absolute Gasteiger partial charge is 0.170 e. The Labute approximate surface area is 117 Å². The molecule has 0 saturated carbocycles. The summed E-state index contributed by atoms with van der Waals surface area (Å²) in [5.74, 6) is -0.299. The van der Waals surface area contributed by atoms with Crippen LogP contribution in [0.15, 0.2) is 22.7 Å². The molecule has 20 heavy (non-hydrogen) atoms. The number of likely N-dealkylation sites (tertiary alicyclic amines) is 1. The second kappa shape index (κ2) is 5.89. The van der Waals surface area contributed by atoms with Crippen LogP contribution in [0.2, 0.25) is 0 Å². The van der Waals surface area contributed by atoms with Crippen LogP contribution in [0.1, 0.15) is 25.0 Å². The Morgan fingerprint density at radius 2 is 2.15 bits per heavy atom. The summed E-state index contributed by atoms with van der Waals surface area (Å²) >= 11 is 0. The van der Waals surface area contributed by atoms with E-state index in [1.54, 1.807) is 6.07 Å². The van der Waals surface area contributed by atoms with Crippen molar-refractivity contribution in [2.24, 2.45) is 0 Å². The summed E-state index contributed by atoms with van der Waals surface area (Å²) in [5, 5.41) is 14.4. The molecule has 0 amide bonds. The summed E-state index contributed by atoms with van der Waals surface area (Å²) in [4.78, 5) is 2.37. The van der Waals surface area contributed by atoms with Crippen LogP contribution < -0.4 is 0 Å². The normalized spacial score (nSPS) is 17.9. The molecule has 1 fully saturated rings. The molecule has 3 rings (SSSR count). The Morgan fingerprint density at radius 3 is 2.95 bits per heavy atom. The molecule has 0 aliphatic carbocycles. The van der Waals surface area contributed by atoms with E-state index in [0.717, 1.165) is 56.4 Å². The first-order valence-corrected chi connectivity index (χ1v) is 7.16. The lowest BCUT2D eigenvalue weighted by Crippen LogP contribution is -2.36. The van der Waals surface area contributed by atoms with Crippen molar-refractivity contribution in [3.05, 3.63) is 29.7 Å². The monoisotopic (exact) mass is 278 g/mol. The highest BCUT2D eigenvalue weighted by Gasteiger charge is 2.16. The number of nitrogens with zero attached hydrogens (tertiary/aromatic N) is 2. The predicted molar refractivity (Wildman–Crippen MR) is 74.0 cm³/mol. The van der Waals surface area contributed by atoms with Crippen molar-refractivity contribution in [2.45, 2.75) is 31.8 Å². The average molecular weight is 278 g/mol. The molecule has 1 aliphatic rings. The summed E-state index contributed by atoms with van der Waals surface area (Å²) in [6.45, 7) is 2.93. The Hall–Kier alpha value is -1.46. The molecule has 0 radical (unpaired) electrons. The van der Waals surface area contributed by atoms with Crippen LogP contribution in [0.25, 0.3) is 11.0 Å². The largest absolute Gasteiger partial charge is 0.393 e. The topological polar surface area (TPSA) is 49.5 Å². The maximum atomic E-state index is 13.1. The quantitative estimate of drug-likeness (QED) is 0.932. The van der Waals surface area contributed by atoms with Crippen LogP contribution in [-0.2, 0) is 6.42 Å². The van der Waals surface area contributed by atoms with E-state index in [1.165, 1.54) is 12.1 Å². The van der Waals surface area contributed by atoms with E-state index >= 15 is 0 Å². The Kier molecular flexibility index (Phi) is 3.98. The molecular formula is C15H19FN2O2. The molecule has 2 heterocycles. The molecule has 0 unspecified atom stereocenters. The third kappa shape index (κ3) is 2.99. The first kappa shape index (κ1) is 13.5. The molecule has 2 aromatic rings. The molecule has 0 spiro atoms. The van der Waals surface area contributed by atoms with E-state index in [4.69, 9.17) is 4.52 Å². The molecule has 108 valence electrons. The number of aryl methyl sites for hydroxylation is 1. The standard InChI is InChI=1S/C15H19FN2O2/c16-11-3-4-13-14(17-20-15(13)10-11)2-1-7-18-8-5-12(19)6-9-18/h3-4,10,12,19H,1-2,5-9H2. The molecule has 1 aliphatic heterocycles. The van der Waals surface area contributed by atoms with E-state index in [1.807, 2.05) is 0 Å². The number of rotatable bonds is 4. The first-order chi connectivity index (χ1) is 9.72. The molecule has 1 aromatic carbocycles. The fourth-order valence-electron chi connectivity index (χ4n) is 2.76. The number of benzene rings is 1. The van der Waals surface area contributed by atoms with Crippen molar-refractivity contribution in [3.8, 4) is 0 Å². The first-order valence-electron chi connectivity index (χ1n) is 7.16. The van der Waals surface area contributed by atoms with Crippen LogP contribution in [0.3, 0.4) is 0 Å². The summed E-state index contributed by atoms with van der Waals surface area (Å²) in [5.41, 5.74) is 1.41. The van der Waals surface area contributed by atoms with Gasteiger partial charge in [0.2, 0.25) is 0 Å². The van der Waals surface area contributed by atoms with Crippen LogP contribution in [0.5, 0.6) is 0 Å². The molecule has 1 N–H and O–H groups in total. The zero-order valence-electron chi connectivity index (χ0n) is 11.4. The molecule has 0 bridgehead atoms. The lowest BCUT2D eigenvalue weighted by molar-refractivity contribution is 0.0821. The van der Waals surface area contributed by atoms with Gasteiger partial charge in [-0.05, 0) is 44.4 Å². The number of aliphatic hydroxyl groups is 1. The van der Waals surface area contributed by atoms with E-state index in [9.17, 15) is 9.50 Å². The third-order valence-electron chi connectivity index (χ3n) is 3.95. The van der Waals surface area contributed by atoms with Gasteiger partial charge in [-0.25, -0.2) is 4.39 Å². The SMILES string of the molecule is OC1CCN(CCCc2noc3cc(F)ccc23)CC1. The van der Waals surface area contributed by atoms with Crippen molar-refractivity contribution in [3.63, 3.8) is 0 Å². The number of piperidine rings is 1. The van der Waals surface area contributed by atoms with Crippen LogP contribution in [0, 0.1) is 5.82 Å². The summed E-state index contributed by atoms with van der Waals surface area (Å²) in [7, 11) is 0. The predicted octanol–water partition coefficient (Wildman–Crippen LogP) is 2.36. The van der Waals surface area contributed by atoms with Gasteiger partial charge < -0.3 is 14.5 Å². The number of aromatic nitrogens is 1. The van der Waals surface area contributed by atoms with Gasteiger partial charge in [0, 0.05) is 24.5 Å². The molecule has 1 aromatic heterocycles. The van der Waals surface area contributed by atoms with Crippen molar-refractivity contribution in [1.29, 1.82) is 0 Å². The Morgan fingerprint density at radius 1 is 1.35 bits per heavy atom. The number of hydrogen-bond donors (Lipinski definition) is 1. The Bertz CT molecular complexity index is 576. The van der Waals surface area contributed by atoms with E-state index in [-0.39, 0.29) is 11.9 Å². The number of halogens is 1. The highest BCUT2D eigenvalue weighted by molar-refractivity contribution is 5.79. The summed E-state index contributed by atoms with van der Waals surface area (Å²) < 4.78 is 18.2. The van der Waals surface area contributed by atoms with Crippen molar-refractivity contribution in [2.75, 3.05) is 19.6 Å². The molecule has 5 heteroatoms. The molecule has 1 saturated heterocycles. The van der Waals surface area contributed by atoms with Crippen molar-refractivity contribution < 1.29 is 14.0 Å². The molecule has 0 atom stereocenters. The second-order valence-corrected chi connectivity index (χ2v) is 5.45. The minimum Gasteiger partial charge on any atom is -0.393 e. The van der Waals surface area contributed by atoms with Gasteiger partial charge in [-0.15, -0.1) is 0 Å². The van der Waals surface area contributed by atoms with Crippen LogP contribution in [-0.4, -0.2) is 40.9 Å². The Balaban J connectivity index is 1.55. The zero-order valence-corrected chi connectivity index (χ0v) is 11.4. The minimum atomic E-state index is -0.299. The van der Waals surface area contributed by atoms with Gasteiger partial charge in [0.1, 0.15) is 5.82 Å². The lowest BCUT2D eigenvalue weighted by Gasteiger charge is -2.29. The highest BCUT2D eigenvalue weighted by Crippen LogP contribution is 2.20. The van der Waals surface area contributed by atoms with E-state index < -0.39 is 0 Å². The van der Waals surface area contributed by atoms with Crippen LogP contribution in [0.4, 0.5) is 4.39 Å². The summed E-state index contributed by atoms with van der Waals surface area (Å²) in [6.07, 6.45) is 3.44. The fourth-order valence-corrected chi connectivity index (χ4v) is 2.76. The van der Waals surface area contributed by atoms with Gasteiger partial charge in [-0.3, -0.25) is 0 Å². The minimum absolute atomic E-state index is 0.124. The van der Waals surface area contributed by atoms with Gasteiger partial charge in [0.25, 0.3) is 0 Å². The van der Waals surface area contributed by atoms with E-state index in [2.05, 4.69) is 10.1 Å². The maximum absolute atomic E-state index is 13.1. The van der Waals surface area contributed by atoms with Gasteiger partial charge in [0.05, 0.1) is 11.8 Å². The van der Waals surface area contributed by atoms with Gasteiger partial charge in [-0.1, -0.05) is 5.16 Å². The lowest BCUT2D eigenvalue weighted by atomic mass is 10.1. The fraction of sp³-hybridized carbons (Fsp3) is 0.533. The van der Waals surface area contributed by atoms with Crippen molar-refractivity contribution in [1.82, 2.24) is 10.1 Å². The number of hydrogen-bond acceptors (Lipinski definition) is 4. The molecular weight excluding hydrogens is 259 g/mol. The number of fused-ring (bicyclic) bond motifs is 1. The molecule has 4 nitrogen and oxygen atoms in total. The average Bonchev–Trinajstić information content (AvgIpc) is 2.83. The van der Waals surface area contributed by atoms with Crippen LogP contribution >= 0.6 is 0 Å². The summed E-state index contributed by atoms with van der Waals surface area (Å²) in [6, 6.07) is 4.54.